The zero-order chi connectivity index (χ0) is 13.7. The van der Waals surface area contributed by atoms with Crippen molar-refractivity contribution in [1.29, 1.82) is 0 Å². The zero-order valence-corrected chi connectivity index (χ0v) is 13.2. The number of hydrogen-bond donors (Lipinski definition) is 1. The molecule has 2 nitrogen and oxygen atoms in total. The second kappa shape index (κ2) is 6.90. The molecule has 0 radical (unpaired) electrons. The molecule has 0 saturated carbocycles. The Kier molecular flexibility index (Phi) is 5.47. The molecular weight excluding hydrogens is 232 g/mol. The molecular formula is C17H32N2. The van der Waals surface area contributed by atoms with E-state index in [-0.39, 0.29) is 0 Å². The summed E-state index contributed by atoms with van der Waals surface area (Å²) in [5.41, 5.74) is 2.09. The molecule has 1 atom stereocenters. The van der Waals surface area contributed by atoms with Crippen LogP contribution in [0.25, 0.3) is 0 Å². The molecule has 19 heavy (non-hydrogen) atoms. The summed E-state index contributed by atoms with van der Waals surface area (Å²) in [4.78, 5) is 2.72. The Morgan fingerprint density at radius 3 is 2.74 bits per heavy atom. The largest absolute Gasteiger partial charge is 0.308 e. The molecule has 2 heteroatoms. The number of nitrogens with one attached hydrogen (secondary N) is 1. The molecule has 1 heterocycles. The second-order valence-electron chi connectivity index (χ2n) is 6.55. The third kappa shape index (κ3) is 3.82. The minimum Gasteiger partial charge on any atom is -0.308 e. The van der Waals surface area contributed by atoms with Crippen LogP contribution in [0.3, 0.4) is 0 Å². The van der Waals surface area contributed by atoms with Crippen LogP contribution in [0.2, 0.25) is 0 Å². The maximum Gasteiger partial charge on any atom is 0.0304 e. The third-order valence-electron chi connectivity index (χ3n) is 5.36. The van der Waals surface area contributed by atoms with Crippen LogP contribution in [-0.2, 0) is 0 Å². The van der Waals surface area contributed by atoms with Crippen LogP contribution in [0.5, 0.6) is 0 Å². The van der Waals surface area contributed by atoms with E-state index in [4.69, 9.17) is 0 Å². The van der Waals surface area contributed by atoms with E-state index in [0.29, 0.717) is 11.6 Å². The van der Waals surface area contributed by atoms with Crippen molar-refractivity contribution in [3.05, 3.63) is 11.6 Å². The standard InChI is InChI=1S/C17H32N2/c1-4-17(5-2)14-19(15(3)13-18-17)12-11-16-9-7-6-8-10-16/h9,15,18H,4-8,10-14H2,1-3H3. The van der Waals surface area contributed by atoms with Gasteiger partial charge in [-0.3, -0.25) is 4.90 Å². The topological polar surface area (TPSA) is 15.3 Å². The Morgan fingerprint density at radius 2 is 2.11 bits per heavy atom. The number of hydrogen-bond acceptors (Lipinski definition) is 2. The van der Waals surface area contributed by atoms with Gasteiger partial charge in [0.2, 0.25) is 0 Å². The molecule has 1 aliphatic carbocycles. The van der Waals surface area contributed by atoms with Gasteiger partial charge in [0.05, 0.1) is 0 Å². The fraction of sp³-hybridized carbons (Fsp3) is 0.882. The highest BCUT2D eigenvalue weighted by molar-refractivity contribution is 5.06. The third-order valence-corrected chi connectivity index (χ3v) is 5.36. The Bertz CT molecular complexity index is 304. The Morgan fingerprint density at radius 1 is 1.32 bits per heavy atom. The Labute approximate surface area is 119 Å². The van der Waals surface area contributed by atoms with Crippen molar-refractivity contribution in [1.82, 2.24) is 10.2 Å². The van der Waals surface area contributed by atoms with Gasteiger partial charge in [-0.15, -0.1) is 0 Å². The van der Waals surface area contributed by atoms with Crippen molar-refractivity contribution in [2.45, 2.75) is 77.3 Å². The van der Waals surface area contributed by atoms with Crippen molar-refractivity contribution >= 4 is 0 Å². The summed E-state index contributed by atoms with van der Waals surface area (Å²) in [6, 6.07) is 0.690. The maximum atomic E-state index is 3.79. The minimum absolute atomic E-state index is 0.369. The molecule has 1 aliphatic heterocycles. The summed E-state index contributed by atoms with van der Waals surface area (Å²) in [6.07, 6.45) is 11.8. The van der Waals surface area contributed by atoms with Gasteiger partial charge in [-0.25, -0.2) is 0 Å². The van der Waals surface area contributed by atoms with E-state index >= 15 is 0 Å². The predicted octanol–water partition coefficient (Wildman–Crippen LogP) is 3.73. The van der Waals surface area contributed by atoms with E-state index in [1.807, 2.05) is 0 Å². The van der Waals surface area contributed by atoms with E-state index in [1.165, 1.54) is 58.0 Å². The normalized spacial score (nSPS) is 28.2. The Hall–Kier alpha value is -0.340. The van der Waals surface area contributed by atoms with Crippen LogP contribution >= 0.6 is 0 Å². The van der Waals surface area contributed by atoms with Crippen molar-refractivity contribution in [2.75, 3.05) is 19.6 Å². The van der Waals surface area contributed by atoms with Crippen LogP contribution in [-0.4, -0.2) is 36.1 Å². The van der Waals surface area contributed by atoms with E-state index in [9.17, 15) is 0 Å². The van der Waals surface area contributed by atoms with Crippen LogP contribution < -0.4 is 5.32 Å². The molecule has 0 aromatic rings. The fourth-order valence-corrected chi connectivity index (χ4v) is 3.54. The lowest BCUT2D eigenvalue weighted by Crippen LogP contribution is -2.63. The molecule has 0 spiro atoms. The number of piperazine rings is 1. The zero-order valence-electron chi connectivity index (χ0n) is 13.2. The highest BCUT2D eigenvalue weighted by Crippen LogP contribution is 2.25. The van der Waals surface area contributed by atoms with Gasteiger partial charge < -0.3 is 5.32 Å². The first-order valence-electron chi connectivity index (χ1n) is 8.36. The second-order valence-corrected chi connectivity index (χ2v) is 6.55. The van der Waals surface area contributed by atoms with Gasteiger partial charge >= 0.3 is 0 Å². The van der Waals surface area contributed by atoms with E-state index < -0.39 is 0 Å². The van der Waals surface area contributed by atoms with Crippen LogP contribution in [0, 0.1) is 0 Å². The molecule has 1 fully saturated rings. The SMILES string of the molecule is CCC1(CC)CN(CCC2=CCCCC2)C(C)CN1. The molecule has 2 rings (SSSR count). The lowest BCUT2D eigenvalue weighted by atomic mass is 9.88. The molecule has 0 amide bonds. The van der Waals surface area contributed by atoms with Gasteiger partial charge in [-0.2, -0.15) is 0 Å². The van der Waals surface area contributed by atoms with Crippen molar-refractivity contribution < 1.29 is 0 Å². The number of rotatable bonds is 5. The molecule has 110 valence electrons. The van der Waals surface area contributed by atoms with Crippen LogP contribution in [0.15, 0.2) is 11.6 Å². The van der Waals surface area contributed by atoms with Crippen LogP contribution in [0.4, 0.5) is 0 Å². The lowest BCUT2D eigenvalue weighted by molar-refractivity contribution is 0.0816. The smallest absolute Gasteiger partial charge is 0.0304 e. The summed E-state index contributed by atoms with van der Waals surface area (Å²) in [6.45, 7) is 10.7. The average molecular weight is 264 g/mol. The first-order valence-corrected chi connectivity index (χ1v) is 8.36. The van der Waals surface area contributed by atoms with Gasteiger partial charge in [-0.05, 0) is 51.9 Å². The van der Waals surface area contributed by atoms with Gasteiger partial charge in [0.25, 0.3) is 0 Å². The van der Waals surface area contributed by atoms with Crippen molar-refractivity contribution in [3.63, 3.8) is 0 Å². The monoisotopic (exact) mass is 264 g/mol. The molecule has 1 unspecified atom stereocenters. The number of allylic oxidation sites excluding steroid dienone is 1. The summed E-state index contributed by atoms with van der Waals surface area (Å²) in [5, 5.41) is 3.79. The molecule has 1 N–H and O–H groups in total. The van der Waals surface area contributed by atoms with Crippen molar-refractivity contribution in [3.8, 4) is 0 Å². The fourth-order valence-electron chi connectivity index (χ4n) is 3.54. The van der Waals surface area contributed by atoms with E-state index in [0.717, 1.165) is 6.54 Å². The van der Waals surface area contributed by atoms with Crippen LogP contribution in [0.1, 0.15) is 65.7 Å². The first-order chi connectivity index (χ1) is 9.19. The molecule has 2 aliphatic rings. The number of nitrogens with zero attached hydrogens (tertiary/aromatic N) is 1. The summed E-state index contributed by atoms with van der Waals surface area (Å²) in [5.74, 6) is 0. The minimum atomic E-state index is 0.369. The summed E-state index contributed by atoms with van der Waals surface area (Å²) >= 11 is 0. The van der Waals surface area contributed by atoms with E-state index in [1.54, 1.807) is 5.57 Å². The molecule has 0 aromatic heterocycles. The summed E-state index contributed by atoms with van der Waals surface area (Å²) < 4.78 is 0. The van der Waals surface area contributed by atoms with E-state index in [2.05, 4.69) is 37.1 Å². The predicted molar refractivity (Wildman–Crippen MR) is 83.5 cm³/mol. The van der Waals surface area contributed by atoms with Crippen molar-refractivity contribution in [2.24, 2.45) is 0 Å². The molecule has 0 bridgehead atoms. The molecule has 0 aromatic carbocycles. The highest BCUT2D eigenvalue weighted by Gasteiger charge is 2.34. The van der Waals surface area contributed by atoms with Gasteiger partial charge in [-0.1, -0.05) is 25.5 Å². The first kappa shape index (κ1) is 15.1. The maximum absolute atomic E-state index is 3.79. The van der Waals surface area contributed by atoms with Gasteiger partial charge in [0, 0.05) is 31.2 Å². The summed E-state index contributed by atoms with van der Waals surface area (Å²) in [7, 11) is 0. The van der Waals surface area contributed by atoms with Gasteiger partial charge in [0.1, 0.15) is 0 Å². The lowest BCUT2D eigenvalue weighted by Gasteiger charge is -2.46. The highest BCUT2D eigenvalue weighted by atomic mass is 15.2. The molecule has 1 saturated heterocycles. The average Bonchev–Trinajstić information content (AvgIpc) is 2.48. The quantitative estimate of drug-likeness (QED) is 0.761. The Balaban J connectivity index is 1.88. The van der Waals surface area contributed by atoms with Gasteiger partial charge in [0.15, 0.2) is 0 Å².